The van der Waals surface area contributed by atoms with Crippen molar-refractivity contribution in [2.75, 3.05) is 13.6 Å². The molecule has 136 valence electrons. The van der Waals surface area contributed by atoms with E-state index in [1.807, 2.05) is 30.2 Å². The van der Waals surface area contributed by atoms with Crippen LogP contribution in [0.1, 0.15) is 30.9 Å². The molecule has 1 aliphatic heterocycles. The van der Waals surface area contributed by atoms with Crippen LogP contribution in [0.15, 0.2) is 60.9 Å². The number of carbonyl (C=O) groups is 1. The lowest BCUT2D eigenvalue weighted by atomic mass is 9.96. The number of rotatable bonds is 5. The van der Waals surface area contributed by atoms with Crippen LogP contribution in [0.3, 0.4) is 0 Å². The second-order valence-corrected chi connectivity index (χ2v) is 7.05. The fourth-order valence-electron chi connectivity index (χ4n) is 3.54. The van der Waals surface area contributed by atoms with Crippen molar-refractivity contribution in [2.45, 2.75) is 38.4 Å². The van der Waals surface area contributed by atoms with Crippen molar-refractivity contribution in [2.24, 2.45) is 0 Å². The van der Waals surface area contributed by atoms with Gasteiger partial charge in [0.05, 0.1) is 0 Å². The second-order valence-electron chi connectivity index (χ2n) is 7.05. The first-order chi connectivity index (χ1) is 12.6. The minimum atomic E-state index is 0.0653. The van der Waals surface area contributed by atoms with E-state index in [-0.39, 0.29) is 5.91 Å². The van der Waals surface area contributed by atoms with E-state index in [4.69, 9.17) is 0 Å². The van der Waals surface area contributed by atoms with E-state index in [1.165, 1.54) is 5.56 Å². The molecule has 1 aromatic heterocycles. The summed E-state index contributed by atoms with van der Waals surface area (Å²) in [5.41, 5.74) is 2.34. The third-order valence-electron chi connectivity index (χ3n) is 5.23. The van der Waals surface area contributed by atoms with Gasteiger partial charge >= 0.3 is 0 Å². The number of hydrogen-bond acceptors (Lipinski definition) is 3. The Bertz CT molecular complexity index is 730. The molecule has 2 heterocycles. The lowest BCUT2D eigenvalue weighted by Gasteiger charge is -2.41. The highest BCUT2D eigenvalue weighted by Crippen LogP contribution is 2.23. The van der Waals surface area contributed by atoms with Crippen molar-refractivity contribution in [3.8, 4) is 0 Å². The topological polar surface area (TPSA) is 36.4 Å². The van der Waals surface area contributed by atoms with Crippen molar-refractivity contribution >= 4 is 12.0 Å². The van der Waals surface area contributed by atoms with Crippen LogP contribution in [0.25, 0.3) is 6.08 Å². The van der Waals surface area contributed by atoms with Gasteiger partial charge in [0, 0.05) is 50.7 Å². The van der Waals surface area contributed by atoms with Crippen LogP contribution in [0.4, 0.5) is 0 Å². The highest BCUT2D eigenvalue weighted by atomic mass is 16.2. The highest BCUT2D eigenvalue weighted by Gasteiger charge is 2.29. The first kappa shape index (κ1) is 18.3. The summed E-state index contributed by atoms with van der Waals surface area (Å²) >= 11 is 0. The average molecular weight is 349 g/mol. The maximum atomic E-state index is 12.5. The van der Waals surface area contributed by atoms with E-state index in [1.54, 1.807) is 18.5 Å². The van der Waals surface area contributed by atoms with Gasteiger partial charge in [-0.2, -0.15) is 0 Å². The Morgan fingerprint density at radius 2 is 1.96 bits per heavy atom. The number of carbonyl (C=O) groups excluding carboxylic acids is 1. The molecule has 0 radical (unpaired) electrons. The zero-order chi connectivity index (χ0) is 18.4. The summed E-state index contributed by atoms with van der Waals surface area (Å²) in [6.07, 6.45) is 9.02. The Kier molecular flexibility index (Phi) is 6.18. The Morgan fingerprint density at radius 3 is 2.65 bits per heavy atom. The number of nitrogens with zero attached hydrogens (tertiary/aromatic N) is 3. The van der Waals surface area contributed by atoms with Gasteiger partial charge in [-0.15, -0.1) is 0 Å². The third kappa shape index (κ3) is 4.79. The van der Waals surface area contributed by atoms with Crippen LogP contribution in [0.5, 0.6) is 0 Å². The quantitative estimate of drug-likeness (QED) is 0.774. The average Bonchev–Trinajstić information content (AvgIpc) is 2.68. The number of likely N-dealkylation sites (tertiary alicyclic amines) is 1. The molecule has 0 bridgehead atoms. The van der Waals surface area contributed by atoms with Crippen molar-refractivity contribution in [3.05, 3.63) is 72.1 Å². The molecule has 1 fully saturated rings. The van der Waals surface area contributed by atoms with E-state index in [0.29, 0.717) is 12.1 Å². The van der Waals surface area contributed by atoms with Crippen LogP contribution in [0.2, 0.25) is 0 Å². The second kappa shape index (κ2) is 8.77. The largest absolute Gasteiger partial charge is 0.339 e. The SMILES string of the molecule is C[C@@H]1C[C@H](N(C)C(=O)/C=C/c2ccncc2)CCN1Cc1ccccc1. The number of benzene rings is 1. The molecule has 0 N–H and O–H groups in total. The molecule has 0 unspecified atom stereocenters. The molecule has 4 nitrogen and oxygen atoms in total. The Balaban J connectivity index is 1.54. The van der Waals surface area contributed by atoms with Gasteiger partial charge in [-0.3, -0.25) is 14.7 Å². The molecular formula is C22H27N3O. The summed E-state index contributed by atoms with van der Waals surface area (Å²) < 4.78 is 0. The van der Waals surface area contributed by atoms with Gasteiger partial charge in [0.1, 0.15) is 0 Å². The lowest BCUT2D eigenvalue weighted by Crippen LogP contribution is -2.48. The van der Waals surface area contributed by atoms with Crippen molar-refractivity contribution in [1.82, 2.24) is 14.8 Å². The molecule has 1 aromatic carbocycles. The summed E-state index contributed by atoms with van der Waals surface area (Å²) in [5.74, 6) is 0.0653. The Labute approximate surface area is 156 Å². The normalized spacial score (nSPS) is 21.0. The first-order valence-electron chi connectivity index (χ1n) is 9.26. The van der Waals surface area contributed by atoms with Gasteiger partial charge in [-0.25, -0.2) is 0 Å². The minimum Gasteiger partial charge on any atom is -0.339 e. The molecule has 0 aliphatic carbocycles. The highest BCUT2D eigenvalue weighted by molar-refractivity contribution is 5.91. The summed E-state index contributed by atoms with van der Waals surface area (Å²) in [6, 6.07) is 15.2. The molecule has 1 amide bonds. The smallest absolute Gasteiger partial charge is 0.246 e. The number of pyridine rings is 1. The van der Waals surface area contributed by atoms with E-state index < -0.39 is 0 Å². The minimum absolute atomic E-state index is 0.0653. The van der Waals surface area contributed by atoms with Crippen LogP contribution >= 0.6 is 0 Å². The summed E-state index contributed by atoms with van der Waals surface area (Å²) in [6.45, 7) is 4.26. The third-order valence-corrected chi connectivity index (χ3v) is 5.23. The molecule has 4 heteroatoms. The van der Waals surface area contributed by atoms with Crippen LogP contribution in [0, 0.1) is 0 Å². The zero-order valence-corrected chi connectivity index (χ0v) is 15.6. The predicted octanol–water partition coefficient (Wildman–Crippen LogP) is 3.61. The zero-order valence-electron chi connectivity index (χ0n) is 15.6. The maximum absolute atomic E-state index is 12.5. The molecule has 0 spiro atoms. The van der Waals surface area contributed by atoms with Gasteiger partial charge in [0.2, 0.25) is 5.91 Å². The number of amides is 1. The van der Waals surface area contributed by atoms with Crippen molar-refractivity contribution < 1.29 is 4.79 Å². The molecule has 3 rings (SSSR count). The molecule has 2 atom stereocenters. The Morgan fingerprint density at radius 1 is 1.23 bits per heavy atom. The predicted molar refractivity (Wildman–Crippen MR) is 105 cm³/mol. The van der Waals surface area contributed by atoms with Crippen molar-refractivity contribution in [3.63, 3.8) is 0 Å². The summed E-state index contributed by atoms with van der Waals surface area (Å²) in [5, 5.41) is 0. The number of piperidine rings is 1. The van der Waals surface area contributed by atoms with Crippen LogP contribution in [-0.4, -0.2) is 46.4 Å². The molecular weight excluding hydrogens is 322 g/mol. The van der Waals surface area contributed by atoms with Crippen molar-refractivity contribution in [1.29, 1.82) is 0 Å². The fourth-order valence-corrected chi connectivity index (χ4v) is 3.54. The number of likely N-dealkylation sites (N-methyl/N-ethyl adjacent to an activating group) is 1. The number of aromatic nitrogens is 1. The van der Waals surface area contributed by atoms with Gasteiger partial charge in [0.25, 0.3) is 0 Å². The monoisotopic (exact) mass is 349 g/mol. The van der Waals surface area contributed by atoms with E-state index >= 15 is 0 Å². The fraction of sp³-hybridized carbons (Fsp3) is 0.364. The van der Waals surface area contributed by atoms with Crippen LogP contribution in [-0.2, 0) is 11.3 Å². The molecule has 2 aromatic rings. The van der Waals surface area contributed by atoms with E-state index in [9.17, 15) is 4.79 Å². The summed E-state index contributed by atoms with van der Waals surface area (Å²) in [4.78, 5) is 20.9. The molecule has 1 aliphatic rings. The molecule has 1 saturated heterocycles. The van der Waals surface area contributed by atoms with Gasteiger partial charge in [-0.1, -0.05) is 30.3 Å². The molecule has 0 saturated carbocycles. The molecule has 26 heavy (non-hydrogen) atoms. The number of hydrogen-bond donors (Lipinski definition) is 0. The lowest BCUT2D eigenvalue weighted by molar-refractivity contribution is -0.128. The van der Waals surface area contributed by atoms with E-state index in [0.717, 1.165) is 31.5 Å². The van der Waals surface area contributed by atoms with Gasteiger partial charge in [0.15, 0.2) is 0 Å². The van der Waals surface area contributed by atoms with Gasteiger partial charge < -0.3 is 4.90 Å². The summed E-state index contributed by atoms with van der Waals surface area (Å²) in [7, 11) is 1.92. The van der Waals surface area contributed by atoms with Crippen LogP contribution < -0.4 is 0 Å². The first-order valence-corrected chi connectivity index (χ1v) is 9.26. The Hall–Kier alpha value is -2.46. The maximum Gasteiger partial charge on any atom is 0.246 e. The standard InChI is InChI=1S/C22H27N3O/c1-18-16-21(12-15-25(18)17-20-6-4-3-5-7-20)24(2)22(26)9-8-19-10-13-23-14-11-19/h3-11,13-14,18,21H,12,15-17H2,1-2H3/b9-8+/t18-,21-/m1/s1. The van der Waals surface area contributed by atoms with Gasteiger partial charge in [-0.05, 0) is 49.1 Å². The van der Waals surface area contributed by atoms with E-state index in [2.05, 4.69) is 47.1 Å².